The van der Waals surface area contributed by atoms with E-state index >= 15 is 0 Å². The molecular formula is C23H26N2O6. The van der Waals surface area contributed by atoms with E-state index in [4.69, 9.17) is 14.6 Å². The largest absolute Gasteiger partial charge is 0.481 e. The van der Waals surface area contributed by atoms with Gasteiger partial charge in [-0.05, 0) is 29.2 Å². The second kappa shape index (κ2) is 10.6. The van der Waals surface area contributed by atoms with E-state index in [1.165, 1.54) is 0 Å². The maximum Gasteiger partial charge on any atom is 0.407 e. The second-order valence-electron chi connectivity index (χ2n) is 7.16. The van der Waals surface area contributed by atoms with Crippen LogP contribution in [0.25, 0.3) is 11.1 Å². The predicted molar refractivity (Wildman–Crippen MR) is 114 cm³/mol. The summed E-state index contributed by atoms with van der Waals surface area (Å²) in [6, 6.07) is 16.1. The number of carbonyl (C=O) groups is 3. The molecule has 0 radical (unpaired) electrons. The van der Waals surface area contributed by atoms with Crippen LogP contribution in [0.2, 0.25) is 0 Å². The van der Waals surface area contributed by atoms with E-state index < -0.39 is 24.1 Å². The van der Waals surface area contributed by atoms with Gasteiger partial charge in [0.2, 0.25) is 5.91 Å². The van der Waals surface area contributed by atoms with Gasteiger partial charge in [0.15, 0.2) is 0 Å². The molecule has 2 aromatic carbocycles. The van der Waals surface area contributed by atoms with E-state index in [1.54, 1.807) is 6.92 Å². The summed E-state index contributed by atoms with van der Waals surface area (Å²) in [6.07, 6.45) is -1.53. The SMILES string of the molecule is CCOC(CNC(=O)CNC(=O)OCC1c2ccccc2-c2ccccc21)CC(=O)O. The van der Waals surface area contributed by atoms with Crippen molar-refractivity contribution in [3.05, 3.63) is 59.7 Å². The Kier molecular flexibility index (Phi) is 7.61. The highest BCUT2D eigenvalue weighted by atomic mass is 16.5. The van der Waals surface area contributed by atoms with E-state index in [0.29, 0.717) is 6.61 Å². The first-order valence-corrected chi connectivity index (χ1v) is 10.2. The second-order valence-corrected chi connectivity index (χ2v) is 7.16. The highest BCUT2D eigenvalue weighted by molar-refractivity contribution is 5.82. The lowest BCUT2D eigenvalue weighted by Gasteiger charge is -2.16. The predicted octanol–water partition coefficient (Wildman–Crippen LogP) is 2.52. The van der Waals surface area contributed by atoms with Crippen molar-refractivity contribution in [3.63, 3.8) is 0 Å². The topological polar surface area (TPSA) is 114 Å². The van der Waals surface area contributed by atoms with E-state index in [9.17, 15) is 14.4 Å². The number of hydrogen-bond acceptors (Lipinski definition) is 5. The van der Waals surface area contributed by atoms with Crippen LogP contribution in [0.5, 0.6) is 0 Å². The molecule has 31 heavy (non-hydrogen) atoms. The number of carboxylic acid groups (broad SMARTS) is 1. The van der Waals surface area contributed by atoms with Crippen molar-refractivity contribution < 1.29 is 29.0 Å². The zero-order chi connectivity index (χ0) is 22.2. The normalized spacial score (nSPS) is 13.1. The molecule has 0 bridgehead atoms. The van der Waals surface area contributed by atoms with Gasteiger partial charge in [0, 0.05) is 19.1 Å². The van der Waals surface area contributed by atoms with E-state index in [0.717, 1.165) is 22.3 Å². The molecule has 1 atom stereocenters. The van der Waals surface area contributed by atoms with Crippen molar-refractivity contribution in [2.75, 3.05) is 26.3 Å². The molecule has 0 heterocycles. The lowest BCUT2D eigenvalue weighted by molar-refractivity contribution is -0.140. The van der Waals surface area contributed by atoms with Crippen LogP contribution in [0.3, 0.4) is 0 Å². The number of benzene rings is 2. The number of nitrogens with one attached hydrogen (secondary N) is 2. The number of rotatable bonds is 10. The van der Waals surface area contributed by atoms with Gasteiger partial charge in [0.25, 0.3) is 0 Å². The fraction of sp³-hybridized carbons (Fsp3) is 0.348. The average Bonchev–Trinajstić information content (AvgIpc) is 3.08. The van der Waals surface area contributed by atoms with E-state index in [1.807, 2.05) is 36.4 Å². The number of hydrogen-bond donors (Lipinski definition) is 3. The van der Waals surface area contributed by atoms with Gasteiger partial charge in [0.05, 0.1) is 19.1 Å². The Morgan fingerprint density at radius 1 is 1.00 bits per heavy atom. The molecule has 2 aromatic rings. The van der Waals surface area contributed by atoms with Gasteiger partial charge in [-0.3, -0.25) is 9.59 Å². The van der Waals surface area contributed by atoms with Gasteiger partial charge in [-0.15, -0.1) is 0 Å². The first-order valence-electron chi connectivity index (χ1n) is 10.2. The fourth-order valence-electron chi connectivity index (χ4n) is 3.71. The van der Waals surface area contributed by atoms with Gasteiger partial charge < -0.3 is 25.2 Å². The Bertz CT molecular complexity index is 900. The van der Waals surface area contributed by atoms with Crippen LogP contribution in [-0.4, -0.2) is 55.5 Å². The van der Waals surface area contributed by atoms with Gasteiger partial charge in [-0.25, -0.2) is 4.79 Å². The minimum atomic E-state index is -1.01. The van der Waals surface area contributed by atoms with Crippen molar-refractivity contribution in [2.24, 2.45) is 0 Å². The van der Waals surface area contributed by atoms with Crippen LogP contribution >= 0.6 is 0 Å². The zero-order valence-corrected chi connectivity index (χ0v) is 17.3. The Hall–Kier alpha value is -3.39. The first-order chi connectivity index (χ1) is 15.0. The van der Waals surface area contributed by atoms with Crippen LogP contribution in [-0.2, 0) is 19.1 Å². The monoisotopic (exact) mass is 426 g/mol. The summed E-state index contributed by atoms with van der Waals surface area (Å²) in [5, 5.41) is 13.8. The van der Waals surface area contributed by atoms with Crippen molar-refractivity contribution >= 4 is 18.0 Å². The lowest BCUT2D eigenvalue weighted by atomic mass is 9.98. The smallest absolute Gasteiger partial charge is 0.407 e. The van der Waals surface area contributed by atoms with Crippen LogP contribution < -0.4 is 10.6 Å². The molecule has 1 unspecified atom stereocenters. The van der Waals surface area contributed by atoms with Gasteiger partial charge in [-0.1, -0.05) is 48.5 Å². The highest BCUT2D eigenvalue weighted by Gasteiger charge is 2.29. The summed E-state index contributed by atoms with van der Waals surface area (Å²) in [6.45, 7) is 2.02. The number of carboxylic acids is 1. The van der Waals surface area contributed by atoms with Crippen LogP contribution in [0.15, 0.2) is 48.5 Å². The summed E-state index contributed by atoms with van der Waals surface area (Å²) in [4.78, 5) is 34.9. The molecule has 0 spiro atoms. The third-order valence-corrected chi connectivity index (χ3v) is 5.07. The van der Waals surface area contributed by atoms with Crippen molar-refractivity contribution in [1.29, 1.82) is 0 Å². The first kappa shape index (κ1) is 22.3. The van der Waals surface area contributed by atoms with Crippen LogP contribution in [0.4, 0.5) is 4.79 Å². The third kappa shape index (κ3) is 5.82. The fourth-order valence-corrected chi connectivity index (χ4v) is 3.71. The van der Waals surface area contributed by atoms with Crippen molar-refractivity contribution in [2.45, 2.75) is 25.4 Å². The molecule has 8 heteroatoms. The standard InChI is InChI=1S/C23H26N2O6/c1-2-30-15(11-22(27)28)12-24-21(26)13-25-23(29)31-14-20-18-9-5-3-7-16(18)17-8-4-6-10-19(17)20/h3-10,15,20H,2,11-14H2,1H3,(H,24,26)(H,25,29)(H,27,28). The molecule has 164 valence electrons. The van der Waals surface area contributed by atoms with Crippen molar-refractivity contribution in [1.82, 2.24) is 10.6 Å². The molecule has 2 amide bonds. The van der Waals surface area contributed by atoms with Gasteiger partial charge in [0.1, 0.15) is 6.61 Å². The Labute approximate surface area is 180 Å². The average molecular weight is 426 g/mol. The van der Waals surface area contributed by atoms with Gasteiger partial charge >= 0.3 is 12.1 Å². The Morgan fingerprint density at radius 3 is 2.19 bits per heavy atom. The molecule has 0 fully saturated rings. The van der Waals surface area contributed by atoms with E-state index in [-0.39, 0.29) is 32.0 Å². The number of alkyl carbamates (subject to hydrolysis) is 1. The third-order valence-electron chi connectivity index (χ3n) is 5.07. The molecule has 1 aliphatic rings. The molecule has 8 nitrogen and oxygen atoms in total. The number of carbonyl (C=O) groups excluding carboxylic acids is 2. The Morgan fingerprint density at radius 2 is 1.61 bits per heavy atom. The molecule has 0 saturated carbocycles. The molecule has 3 N–H and O–H groups in total. The minimum Gasteiger partial charge on any atom is -0.481 e. The molecule has 3 rings (SSSR count). The lowest BCUT2D eigenvalue weighted by Crippen LogP contribution is -2.41. The summed E-state index contributed by atoms with van der Waals surface area (Å²) >= 11 is 0. The number of amides is 2. The van der Waals surface area contributed by atoms with Crippen LogP contribution in [0.1, 0.15) is 30.4 Å². The zero-order valence-electron chi connectivity index (χ0n) is 17.3. The van der Waals surface area contributed by atoms with Gasteiger partial charge in [-0.2, -0.15) is 0 Å². The Balaban J connectivity index is 1.46. The molecular weight excluding hydrogens is 400 g/mol. The molecule has 1 aliphatic carbocycles. The molecule has 0 saturated heterocycles. The maximum absolute atomic E-state index is 12.1. The minimum absolute atomic E-state index is 0.0470. The highest BCUT2D eigenvalue weighted by Crippen LogP contribution is 2.44. The summed E-state index contributed by atoms with van der Waals surface area (Å²) < 4.78 is 10.6. The quantitative estimate of drug-likeness (QED) is 0.538. The number of fused-ring (bicyclic) bond motifs is 3. The molecule has 0 aromatic heterocycles. The summed E-state index contributed by atoms with van der Waals surface area (Å²) in [7, 11) is 0. The molecule has 0 aliphatic heterocycles. The number of aliphatic carboxylic acids is 1. The summed E-state index contributed by atoms with van der Waals surface area (Å²) in [5.41, 5.74) is 4.48. The number of ether oxygens (including phenoxy) is 2. The van der Waals surface area contributed by atoms with Crippen molar-refractivity contribution in [3.8, 4) is 11.1 Å². The summed E-state index contributed by atoms with van der Waals surface area (Å²) in [5.74, 6) is -1.52. The van der Waals surface area contributed by atoms with Crippen LogP contribution in [0, 0.1) is 0 Å². The van der Waals surface area contributed by atoms with E-state index in [2.05, 4.69) is 22.8 Å². The maximum atomic E-state index is 12.1.